The molecule has 2 rings (SSSR count). The van der Waals surface area contributed by atoms with Gasteiger partial charge in [0, 0.05) is 16.2 Å². The van der Waals surface area contributed by atoms with E-state index in [1.807, 2.05) is 0 Å². The molecule has 5 heteroatoms. The zero-order valence-corrected chi connectivity index (χ0v) is 10.1. The molecule has 0 saturated carbocycles. The predicted octanol–water partition coefficient (Wildman–Crippen LogP) is 4.53. The van der Waals surface area contributed by atoms with Crippen molar-refractivity contribution in [1.29, 1.82) is 0 Å². The summed E-state index contributed by atoms with van der Waals surface area (Å²) in [6.45, 7) is 0. The molecule has 17 heavy (non-hydrogen) atoms. The van der Waals surface area contributed by atoms with E-state index in [1.54, 1.807) is 30.5 Å². The van der Waals surface area contributed by atoms with Gasteiger partial charge in [-0.05, 0) is 34.1 Å². The molecule has 0 radical (unpaired) electrons. The molecule has 88 valence electrons. The SMILES string of the molecule is FC(F)(F)c1cccc(-c2ccccn2)c1Br. The molecule has 1 nitrogen and oxygen atoms in total. The van der Waals surface area contributed by atoms with E-state index in [9.17, 15) is 13.2 Å². The molecule has 0 bridgehead atoms. The fourth-order valence-electron chi connectivity index (χ4n) is 1.47. The minimum absolute atomic E-state index is 0.0196. The lowest BCUT2D eigenvalue weighted by Crippen LogP contribution is -2.06. The number of pyridine rings is 1. The van der Waals surface area contributed by atoms with E-state index in [0.717, 1.165) is 6.07 Å². The topological polar surface area (TPSA) is 12.9 Å². The number of aromatic nitrogens is 1. The van der Waals surface area contributed by atoms with Crippen LogP contribution in [0.25, 0.3) is 11.3 Å². The maximum Gasteiger partial charge on any atom is 0.417 e. The molecule has 2 aromatic rings. The summed E-state index contributed by atoms with van der Waals surface area (Å²) in [5.74, 6) is 0. The maximum atomic E-state index is 12.7. The van der Waals surface area contributed by atoms with Crippen molar-refractivity contribution in [2.45, 2.75) is 6.18 Å². The summed E-state index contributed by atoms with van der Waals surface area (Å²) in [6.07, 6.45) is -2.83. The minimum atomic E-state index is -4.37. The van der Waals surface area contributed by atoms with Crippen LogP contribution in [-0.2, 0) is 6.18 Å². The highest BCUT2D eigenvalue weighted by Gasteiger charge is 2.33. The number of hydrogen-bond acceptors (Lipinski definition) is 1. The van der Waals surface area contributed by atoms with E-state index in [1.165, 1.54) is 6.07 Å². The fourth-order valence-corrected chi connectivity index (χ4v) is 2.16. The lowest BCUT2D eigenvalue weighted by atomic mass is 10.1. The summed E-state index contributed by atoms with van der Waals surface area (Å²) in [7, 11) is 0. The fraction of sp³-hybridized carbons (Fsp3) is 0.0833. The van der Waals surface area contributed by atoms with Crippen LogP contribution in [0.15, 0.2) is 47.1 Å². The van der Waals surface area contributed by atoms with Crippen LogP contribution in [0.4, 0.5) is 13.2 Å². The van der Waals surface area contributed by atoms with Crippen molar-refractivity contribution in [2.75, 3.05) is 0 Å². The molecule has 1 heterocycles. The molecule has 0 amide bonds. The third-order valence-corrected chi connectivity index (χ3v) is 3.10. The van der Waals surface area contributed by atoms with Crippen molar-refractivity contribution in [1.82, 2.24) is 4.98 Å². The van der Waals surface area contributed by atoms with Crippen molar-refractivity contribution >= 4 is 15.9 Å². The van der Waals surface area contributed by atoms with Crippen LogP contribution in [0.5, 0.6) is 0 Å². The van der Waals surface area contributed by atoms with Crippen LogP contribution in [0.3, 0.4) is 0 Å². The maximum absolute atomic E-state index is 12.7. The first kappa shape index (κ1) is 12.1. The first-order valence-corrected chi connectivity index (χ1v) is 5.56. The van der Waals surface area contributed by atoms with Crippen molar-refractivity contribution in [3.05, 3.63) is 52.6 Å². The molecule has 0 aliphatic rings. The Kier molecular flexibility index (Phi) is 3.19. The number of halogens is 4. The highest BCUT2D eigenvalue weighted by atomic mass is 79.9. The van der Waals surface area contributed by atoms with Crippen molar-refractivity contribution in [3.8, 4) is 11.3 Å². The molecular formula is C12H7BrF3N. The molecule has 0 aliphatic carbocycles. The third-order valence-electron chi connectivity index (χ3n) is 2.24. The molecule has 0 unspecified atom stereocenters. The summed E-state index contributed by atoms with van der Waals surface area (Å²) in [5.41, 5.74) is 0.242. The van der Waals surface area contributed by atoms with Crippen molar-refractivity contribution in [2.24, 2.45) is 0 Å². The number of hydrogen-bond donors (Lipinski definition) is 0. The van der Waals surface area contributed by atoms with Gasteiger partial charge in [0.15, 0.2) is 0 Å². The van der Waals surface area contributed by atoms with Gasteiger partial charge in [-0.1, -0.05) is 18.2 Å². The van der Waals surface area contributed by atoms with Gasteiger partial charge in [-0.2, -0.15) is 13.2 Å². The Balaban J connectivity index is 2.58. The van der Waals surface area contributed by atoms with E-state index in [-0.39, 0.29) is 4.47 Å². The average molecular weight is 302 g/mol. The summed E-state index contributed by atoms with van der Waals surface area (Å²) < 4.78 is 38.1. The minimum Gasteiger partial charge on any atom is -0.256 e. The zero-order valence-electron chi connectivity index (χ0n) is 8.50. The standard InChI is InChI=1S/C12H7BrF3N/c13-11-8(10-6-1-2-7-17-10)4-3-5-9(11)12(14,15)16/h1-7H. The largest absolute Gasteiger partial charge is 0.417 e. The zero-order chi connectivity index (χ0) is 12.5. The second-order valence-electron chi connectivity index (χ2n) is 3.38. The smallest absolute Gasteiger partial charge is 0.256 e. The van der Waals surface area contributed by atoms with Crippen LogP contribution in [0.2, 0.25) is 0 Å². The average Bonchev–Trinajstić information content (AvgIpc) is 2.29. The third kappa shape index (κ3) is 2.49. The lowest BCUT2D eigenvalue weighted by molar-refractivity contribution is -0.138. The Hall–Kier alpha value is -1.36. The molecular weight excluding hydrogens is 295 g/mol. The molecule has 0 saturated heterocycles. The Labute approximate surface area is 104 Å². The molecule has 0 fully saturated rings. The summed E-state index contributed by atoms with van der Waals surface area (Å²) in [6, 6.07) is 9.12. The lowest BCUT2D eigenvalue weighted by Gasteiger charge is -2.12. The van der Waals surface area contributed by atoms with E-state index in [4.69, 9.17) is 0 Å². The highest BCUT2D eigenvalue weighted by molar-refractivity contribution is 9.10. The summed E-state index contributed by atoms with van der Waals surface area (Å²) in [4.78, 5) is 4.04. The van der Waals surface area contributed by atoms with Gasteiger partial charge in [0.25, 0.3) is 0 Å². The molecule has 1 aromatic carbocycles. The second kappa shape index (κ2) is 4.49. The van der Waals surface area contributed by atoms with Gasteiger partial charge in [0.2, 0.25) is 0 Å². The molecule has 0 spiro atoms. The Morgan fingerprint density at radius 3 is 2.35 bits per heavy atom. The van der Waals surface area contributed by atoms with Crippen LogP contribution in [0, 0.1) is 0 Å². The van der Waals surface area contributed by atoms with E-state index < -0.39 is 11.7 Å². The van der Waals surface area contributed by atoms with Crippen LogP contribution in [0.1, 0.15) is 5.56 Å². The van der Waals surface area contributed by atoms with Gasteiger partial charge in [-0.15, -0.1) is 0 Å². The number of alkyl halides is 3. The Morgan fingerprint density at radius 2 is 1.76 bits per heavy atom. The van der Waals surface area contributed by atoms with Crippen LogP contribution in [-0.4, -0.2) is 4.98 Å². The number of benzene rings is 1. The number of nitrogens with zero attached hydrogens (tertiary/aromatic N) is 1. The number of rotatable bonds is 1. The van der Waals surface area contributed by atoms with Gasteiger partial charge < -0.3 is 0 Å². The Morgan fingerprint density at radius 1 is 1.00 bits per heavy atom. The van der Waals surface area contributed by atoms with Gasteiger partial charge >= 0.3 is 6.18 Å². The van der Waals surface area contributed by atoms with E-state index >= 15 is 0 Å². The van der Waals surface area contributed by atoms with Gasteiger partial charge in [0.05, 0.1) is 11.3 Å². The van der Waals surface area contributed by atoms with Crippen molar-refractivity contribution in [3.63, 3.8) is 0 Å². The molecule has 0 atom stereocenters. The van der Waals surface area contributed by atoms with Gasteiger partial charge in [0.1, 0.15) is 0 Å². The normalized spacial score (nSPS) is 11.5. The van der Waals surface area contributed by atoms with Gasteiger partial charge in [-0.25, -0.2) is 0 Å². The molecule has 0 aliphatic heterocycles. The van der Waals surface area contributed by atoms with Crippen LogP contribution < -0.4 is 0 Å². The first-order chi connectivity index (χ1) is 8.00. The summed E-state index contributed by atoms with van der Waals surface area (Å²) in [5, 5.41) is 0. The molecule has 0 N–H and O–H groups in total. The van der Waals surface area contributed by atoms with Crippen LogP contribution >= 0.6 is 15.9 Å². The monoisotopic (exact) mass is 301 g/mol. The first-order valence-electron chi connectivity index (χ1n) is 4.77. The van der Waals surface area contributed by atoms with Crippen molar-refractivity contribution < 1.29 is 13.2 Å². The summed E-state index contributed by atoms with van der Waals surface area (Å²) >= 11 is 2.99. The second-order valence-corrected chi connectivity index (χ2v) is 4.17. The quantitative estimate of drug-likeness (QED) is 0.754. The highest BCUT2D eigenvalue weighted by Crippen LogP contribution is 2.39. The molecule has 1 aromatic heterocycles. The Bertz CT molecular complexity index is 523. The van der Waals surface area contributed by atoms with Gasteiger partial charge in [-0.3, -0.25) is 4.98 Å². The van der Waals surface area contributed by atoms with E-state index in [0.29, 0.717) is 11.3 Å². The van der Waals surface area contributed by atoms with E-state index in [2.05, 4.69) is 20.9 Å². The predicted molar refractivity (Wildman–Crippen MR) is 62.4 cm³/mol.